The van der Waals surface area contributed by atoms with E-state index in [0.29, 0.717) is 17.8 Å². The van der Waals surface area contributed by atoms with Gasteiger partial charge in [0.1, 0.15) is 0 Å². The molecule has 1 saturated carbocycles. The Kier molecular flexibility index (Phi) is 4.14. The molecule has 0 radical (unpaired) electrons. The Labute approximate surface area is 146 Å². The third kappa shape index (κ3) is 3.09. The van der Waals surface area contributed by atoms with E-state index in [4.69, 9.17) is 0 Å². The fraction of sp³-hybridized carbons (Fsp3) is 0.300. The number of hydrogen-bond acceptors (Lipinski definition) is 2. The normalized spacial score (nSPS) is 16.4. The molecule has 3 amide bonds. The molecule has 5 heteroatoms. The van der Waals surface area contributed by atoms with Crippen LogP contribution in [0, 0.1) is 0 Å². The summed E-state index contributed by atoms with van der Waals surface area (Å²) in [5.74, 6) is -0.135. The van der Waals surface area contributed by atoms with E-state index in [0.717, 1.165) is 42.4 Å². The summed E-state index contributed by atoms with van der Waals surface area (Å²) in [6.07, 6.45) is 4.38. The van der Waals surface area contributed by atoms with Crippen molar-refractivity contribution in [1.29, 1.82) is 0 Å². The van der Waals surface area contributed by atoms with E-state index in [9.17, 15) is 9.59 Å². The largest absolute Gasteiger partial charge is 0.348 e. The number of carbonyl (C=O) groups excluding carboxylic acids is 2. The van der Waals surface area contributed by atoms with E-state index in [1.54, 1.807) is 0 Å². The van der Waals surface area contributed by atoms with Crippen LogP contribution in [0.4, 0.5) is 10.5 Å². The van der Waals surface area contributed by atoms with Gasteiger partial charge in [-0.1, -0.05) is 49.2 Å². The van der Waals surface area contributed by atoms with Crippen LogP contribution in [0.25, 0.3) is 11.1 Å². The van der Waals surface area contributed by atoms with Gasteiger partial charge in [0.25, 0.3) is 5.91 Å². The van der Waals surface area contributed by atoms with Crippen LogP contribution in [0.1, 0.15) is 41.6 Å². The summed E-state index contributed by atoms with van der Waals surface area (Å²) in [6, 6.07) is 13.8. The maximum absolute atomic E-state index is 12.3. The molecular formula is C20H21N3O2. The summed E-state index contributed by atoms with van der Waals surface area (Å²) in [4.78, 5) is 24.6. The predicted molar refractivity (Wildman–Crippen MR) is 97.5 cm³/mol. The van der Waals surface area contributed by atoms with Gasteiger partial charge in [0.2, 0.25) is 0 Å². The Morgan fingerprint density at radius 2 is 1.80 bits per heavy atom. The van der Waals surface area contributed by atoms with E-state index >= 15 is 0 Å². The summed E-state index contributed by atoms with van der Waals surface area (Å²) in [7, 11) is 0. The second-order valence-electron chi connectivity index (χ2n) is 6.64. The average molecular weight is 335 g/mol. The number of anilines is 1. The molecule has 0 aromatic heterocycles. The van der Waals surface area contributed by atoms with Crippen LogP contribution in [0.15, 0.2) is 42.5 Å². The fourth-order valence-corrected chi connectivity index (χ4v) is 3.75. The van der Waals surface area contributed by atoms with E-state index in [2.05, 4.69) is 16.0 Å². The van der Waals surface area contributed by atoms with Crippen molar-refractivity contribution in [2.24, 2.45) is 0 Å². The molecule has 2 aromatic carbocycles. The minimum atomic E-state index is -0.235. The first-order valence-corrected chi connectivity index (χ1v) is 8.79. The van der Waals surface area contributed by atoms with Crippen LogP contribution in [-0.4, -0.2) is 18.0 Å². The molecule has 1 fully saturated rings. The molecule has 5 nitrogen and oxygen atoms in total. The Balaban J connectivity index is 1.62. The minimum Gasteiger partial charge on any atom is -0.348 e. The van der Waals surface area contributed by atoms with E-state index in [1.165, 1.54) is 0 Å². The molecule has 1 aliphatic carbocycles. The molecule has 0 bridgehead atoms. The number of urea groups is 1. The quantitative estimate of drug-likeness (QED) is 0.801. The highest BCUT2D eigenvalue weighted by atomic mass is 16.2. The van der Waals surface area contributed by atoms with Gasteiger partial charge in [0.05, 0.1) is 11.3 Å². The first-order chi connectivity index (χ1) is 12.2. The molecule has 0 spiro atoms. The van der Waals surface area contributed by atoms with Gasteiger partial charge in [-0.3, -0.25) is 4.79 Å². The van der Waals surface area contributed by atoms with Gasteiger partial charge >= 0.3 is 6.03 Å². The fourth-order valence-electron chi connectivity index (χ4n) is 3.75. The van der Waals surface area contributed by atoms with Crippen LogP contribution in [0.5, 0.6) is 0 Å². The topological polar surface area (TPSA) is 70.2 Å². The lowest BCUT2D eigenvalue weighted by atomic mass is 9.95. The average Bonchev–Trinajstić information content (AvgIpc) is 3.26. The number of nitrogens with one attached hydrogen (secondary N) is 3. The Bertz CT molecular complexity index is 811. The van der Waals surface area contributed by atoms with Gasteiger partial charge in [-0.2, -0.15) is 0 Å². The summed E-state index contributed by atoms with van der Waals surface area (Å²) < 4.78 is 0. The molecule has 0 atom stereocenters. The van der Waals surface area contributed by atoms with Crippen molar-refractivity contribution in [2.75, 3.05) is 5.32 Å². The van der Waals surface area contributed by atoms with Crippen molar-refractivity contribution in [3.63, 3.8) is 0 Å². The molecule has 1 heterocycles. The van der Waals surface area contributed by atoms with Crippen molar-refractivity contribution < 1.29 is 9.59 Å². The van der Waals surface area contributed by atoms with E-state index in [1.807, 2.05) is 42.5 Å². The standard InChI is InChI=1S/C20H21N3O2/c24-19-18-16(12-21-19)15(13-6-2-1-3-7-13)10-11-17(18)23-20(25)22-14-8-4-5-9-14/h1-3,6-7,10-11,14H,4-5,8-9,12H2,(H,21,24)(H2,22,23,25). The summed E-state index contributed by atoms with van der Waals surface area (Å²) in [5, 5.41) is 8.74. The van der Waals surface area contributed by atoms with Crippen LogP contribution in [-0.2, 0) is 6.54 Å². The van der Waals surface area contributed by atoms with Crippen molar-refractivity contribution >= 4 is 17.6 Å². The van der Waals surface area contributed by atoms with Crippen LogP contribution in [0.3, 0.4) is 0 Å². The highest BCUT2D eigenvalue weighted by Crippen LogP contribution is 2.33. The Hall–Kier alpha value is -2.82. The third-order valence-corrected chi connectivity index (χ3v) is 4.99. The molecule has 0 saturated heterocycles. The lowest BCUT2D eigenvalue weighted by Crippen LogP contribution is -2.36. The zero-order chi connectivity index (χ0) is 17.2. The number of fused-ring (bicyclic) bond motifs is 1. The first-order valence-electron chi connectivity index (χ1n) is 8.79. The molecule has 3 N–H and O–H groups in total. The molecule has 0 unspecified atom stereocenters. The summed E-state index contributed by atoms with van der Waals surface area (Å²) >= 11 is 0. The SMILES string of the molecule is O=C(Nc1ccc(-c2ccccc2)c2c1C(=O)NC2)NC1CCCC1. The van der Waals surface area contributed by atoms with Gasteiger partial charge in [-0.25, -0.2) is 4.79 Å². The van der Waals surface area contributed by atoms with Gasteiger partial charge in [0, 0.05) is 12.6 Å². The maximum Gasteiger partial charge on any atom is 0.319 e. The van der Waals surface area contributed by atoms with Gasteiger partial charge in [-0.15, -0.1) is 0 Å². The second-order valence-corrected chi connectivity index (χ2v) is 6.64. The number of benzene rings is 2. The molecule has 2 aliphatic rings. The number of amides is 3. The highest BCUT2D eigenvalue weighted by Gasteiger charge is 2.27. The minimum absolute atomic E-state index is 0.135. The lowest BCUT2D eigenvalue weighted by Gasteiger charge is -2.15. The van der Waals surface area contributed by atoms with Crippen molar-refractivity contribution in [2.45, 2.75) is 38.3 Å². The molecule has 128 valence electrons. The monoisotopic (exact) mass is 335 g/mol. The molecule has 25 heavy (non-hydrogen) atoms. The first kappa shape index (κ1) is 15.7. The zero-order valence-corrected chi connectivity index (χ0v) is 14.0. The summed E-state index contributed by atoms with van der Waals surface area (Å²) in [6.45, 7) is 0.484. The van der Waals surface area contributed by atoms with Crippen LogP contribution in [0.2, 0.25) is 0 Å². The zero-order valence-electron chi connectivity index (χ0n) is 14.0. The van der Waals surface area contributed by atoms with Crippen molar-refractivity contribution in [1.82, 2.24) is 10.6 Å². The number of carbonyl (C=O) groups is 2. The number of hydrogen-bond donors (Lipinski definition) is 3. The third-order valence-electron chi connectivity index (χ3n) is 4.99. The lowest BCUT2D eigenvalue weighted by molar-refractivity contribution is 0.0966. The van der Waals surface area contributed by atoms with Gasteiger partial charge < -0.3 is 16.0 Å². The predicted octanol–water partition coefficient (Wildman–Crippen LogP) is 3.66. The van der Waals surface area contributed by atoms with E-state index < -0.39 is 0 Å². The Morgan fingerprint density at radius 3 is 2.56 bits per heavy atom. The highest BCUT2D eigenvalue weighted by molar-refractivity contribution is 6.08. The van der Waals surface area contributed by atoms with E-state index in [-0.39, 0.29) is 18.0 Å². The second kappa shape index (κ2) is 6.59. The van der Waals surface area contributed by atoms with Crippen LogP contribution >= 0.6 is 0 Å². The molecule has 2 aromatic rings. The smallest absolute Gasteiger partial charge is 0.319 e. The van der Waals surface area contributed by atoms with Gasteiger partial charge in [0.15, 0.2) is 0 Å². The molecular weight excluding hydrogens is 314 g/mol. The van der Waals surface area contributed by atoms with Crippen molar-refractivity contribution in [3.8, 4) is 11.1 Å². The number of rotatable bonds is 3. The maximum atomic E-state index is 12.3. The Morgan fingerprint density at radius 1 is 1.04 bits per heavy atom. The van der Waals surface area contributed by atoms with Crippen LogP contribution < -0.4 is 16.0 Å². The molecule has 1 aliphatic heterocycles. The molecule has 4 rings (SSSR count). The summed E-state index contributed by atoms with van der Waals surface area (Å²) in [5.41, 5.74) is 4.17. The van der Waals surface area contributed by atoms with Gasteiger partial charge in [-0.05, 0) is 35.6 Å². The van der Waals surface area contributed by atoms with Crippen molar-refractivity contribution in [3.05, 3.63) is 53.6 Å².